The lowest BCUT2D eigenvalue weighted by Gasteiger charge is -2.48. The average Bonchev–Trinajstić information content (AvgIpc) is 2.24. The standard InChI is InChI=1S/C14H29N3/c1-13(2)11-17(10-9-16(13)3)12-14(15)7-5-4-6-8-14/h4-12,15H2,1-3H3. The van der Waals surface area contributed by atoms with E-state index in [4.69, 9.17) is 5.73 Å². The van der Waals surface area contributed by atoms with Gasteiger partial charge in [0.05, 0.1) is 0 Å². The molecule has 0 unspecified atom stereocenters. The predicted octanol–water partition coefficient (Wildman–Crippen LogP) is 1.67. The van der Waals surface area contributed by atoms with E-state index in [1.54, 1.807) is 0 Å². The number of piperazine rings is 1. The van der Waals surface area contributed by atoms with Crippen molar-refractivity contribution in [1.82, 2.24) is 9.80 Å². The number of hydrogen-bond acceptors (Lipinski definition) is 3. The molecule has 1 heterocycles. The molecule has 17 heavy (non-hydrogen) atoms. The van der Waals surface area contributed by atoms with Crippen molar-refractivity contribution in [3.05, 3.63) is 0 Å². The first-order valence-corrected chi connectivity index (χ1v) is 7.14. The molecule has 2 fully saturated rings. The fourth-order valence-corrected chi connectivity index (χ4v) is 3.34. The molecule has 0 aromatic carbocycles. The molecule has 0 aromatic heterocycles. The third-order valence-electron chi connectivity index (χ3n) is 4.78. The Morgan fingerprint density at radius 1 is 1.06 bits per heavy atom. The molecule has 100 valence electrons. The molecule has 0 radical (unpaired) electrons. The van der Waals surface area contributed by atoms with Crippen LogP contribution in [-0.4, -0.2) is 54.1 Å². The molecule has 1 aliphatic carbocycles. The van der Waals surface area contributed by atoms with Gasteiger partial charge in [-0.3, -0.25) is 9.80 Å². The molecular weight excluding hydrogens is 210 g/mol. The second-order valence-electron chi connectivity index (χ2n) is 6.87. The Hall–Kier alpha value is -0.120. The van der Waals surface area contributed by atoms with Gasteiger partial charge in [0.25, 0.3) is 0 Å². The van der Waals surface area contributed by atoms with Crippen molar-refractivity contribution < 1.29 is 0 Å². The van der Waals surface area contributed by atoms with Crippen LogP contribution < -0.4 is 5.73 Å². The minimum absolute atomic E-state index is 0.101. The predicted molar refractivity (Wildman–Crippen MR) is 73.2 cm³/mol. The minimum atomic E-state index is 0.101. The summed E-state index contributed by atoms with van der Waals surface area (Å²) in [4.78, 5) is 5.05. The zero-order valence-corrected chi connectivity index (χ0v) is 11.8. The lowest BCUT2D eigenvalue weighted by atomic mass is 9.81. The smallest absolute Gasteiger partial charge is 0.0283 e. The van der Waals surface area contributed by atoms with Crippen LogP contribution in [0.5, 0.6) is 0 Å². The van der Waals surface area contributed by atoms with Crippen LogP contribution in [0.1, 0.15) is 46.0 Å². The molecule has 3 nitrogen and oxygen atoms in total. The van der Waals surface area contributed by atoms with Gasteiger partial charge in [-0.2, -0.15) is 0 Å². The van der Waals surface area contributed by atoms with Gasteiger partial charge in [-0.1, -0.05) is 19.3 Å². The summed E-state index contributed by atoms with van der Waals surface area (Å²) in [5.41, 5.74) is 6.95. The van der Waals surface area contributed by atoms with Crippen molar-refractivity contribution in [2.24, 2.45) is 5.73 Å². The van der Waals surface area contributed by atoms with Gasteiger partial charge in [-0.05, 0) is 33.7 Å². The molecule has 0 amide bonds. The van der Waals surface area contributed by atoms with Crippen LogP contribution in [0, 0.1) is 0 Å². The van der Waals surface area contributed by atoms with E-state index in [0.717, 1.165) is 13.1 Å². The number of nitrogens with zero attached hydrogens (tertiary/aromatic N) is 2. The zero-order chi connectivity index (χ0) is 12.5. The van der Waals surface area contributed by atoms with Crippen LogP contribution in [0.3, 0.4) is 0 Å². The van der Waals surface area contributed by atoms with E-state index < -0.39 is 0 Å². The highest BCUT2D eigenvalue weighted by atomic mass is 15.3. The normalized spacial score (nSPS) is 30.4. The SMILES string of the molecule is CN1CCN(CC2(N)CCCCC2)CC1(C)C. The zero-order valence-electron chi connectivity index (χ0n) is 11.8. The van der Waals surface area contributed by atoms with Gasteiger partial charge in [0.1, 0.15) is 0 Å². The molecule has 2 N–H and O–H groups in total. The third kappa shape index (κ3) is 3.21. The maximum absolute atomic E-state index is 6.56. The van der Waals surface area contributed by atoms with Crippen molar-refractivity contribution in [3.63, 3.8) is 0 Å². The highest BCUT2D eigenvalue weighted by molar-refractivity contribution is 4.95. The van der Waals surface area contributed by atoms with Crippen molar-refractivity contribution in [2.75, 3.05) is 33.2 Å². The molecule has 2 rings (SSSR count). The van der Waals surface area contributed by atoms with Crippen LogP contribution in [-0.2, 0) is 0 Å². The molecular formula is C14H29N3. The van der Waals surface area contributed by atoms with Gasteiger partial charge in [0.2, 0.25) is 0 Å². The summed E-state index contributed by atoms with van der Waals surface area (Å²) in [6, 6.07) is 0. The molecule has 0 bridgehead atoms. The summed E-state index contributed by atoms with van der Waals surface area (Å²) in [6.07, 6.45) is 6.48. The summed E-state index contributed by atoms with van der Waals surface area (Å²) in [7, 11) is 2.23. The van der Waals surface area contributed by atoms with Gasteiger partial charge < -0.3 is 5.73 Å². The second kappa shape index (κ2) is 4.87. The molecule has 1 saturated carbocycles. The van der Waals surface area contributed by atoms with Crippen LogP contribution in [0.4, 0.5) is 0 Å². The van der Waals surface area contributed by atoms with E-state index in [1.807, 2.05) is 0 Å². The molecule has 1 saturated heterocycles. The first kappa shape index (κ1) is 13.3. The lowest BCUT2D eigenvalue weighted by Crippen LogP contribution is -2.61. The van der Waals surface area contributed by atoms with Crippen molar-refractivity contribution in [2.45, 2.75) is 57.0 Å². The van der Waals surface area contributed by atoms with Gasteiger partial charge in [-0.15, -0.1) is 0 Å². The molecule has 3 heteroatoms. The first-order chi connectivity index (χ1) is 7.91. The van der Waals surface area contributed by atoms with Gasteiger partial charge in [0.15, 0.2) is 0 Å². The molecule has 0 aromatic rings. The van der Waals surface area contributed by atoms with E-state index in [0.29, 0.717) is 5.54 Å². The van der Waals surface area contributed by atoms with Crippen molar-refractivity contribution in [1.29, 1.82) is 0 Å². The fraction of sp³-hybridized carbons (Fsp3) is 1.00. The Kier molecular flexibility index (Phi) is 3.81. The Morgan fingerprint density at radius 3 is 2.29 bits per heavy atom. The Morgan fingerprint density at radius 2 is 1.71 bits per heavy atom. The first-order valence-electron chi connectivity index (χ1n) is 7.14. The number of nitrogens with two attached hydrogens (primary N) is 1. The van der Waals surface area contributed by atoms with E-state index >= 15 is 0 Å². The fourth-order valence-electron chi connectivity index (χ4n) is 3.34. The topological polar surface area (TPSA) is 32.5 Å². The Bertz CT molecular complexity index is 256. The van der Waals surface area contributed by atoms with Crippen LogP contribution in [0.25, 0.3) is 0 Å². The maximum Gasteiger partial charge on any atom is 0.0283 e. The second-order valence-corrected chi connectivity index (χ2v) is 6.87. The molecule has 0 atom stereocenters. The highest BCUT2D eigenvalue weighted by Gasteiger charge is 2.35. The quantitative estimate of drug-likeness (QED) is 0.796. The van der Waals surface area contributed by atoms with Crippen LogP contribution >= 0.6 is 0 Å². The van der Waals surface area contributed by atoms with Gasteiger partial charge in [0, 0.05) is 37.3 Å². The third-order valence-corrected chi connectivity index (χ3v) is 4.78. The Balaban J connectivity index is 1.91. The van der Waals surface area contributed by atoms with Crippen molar-refractivity contribution in [3.8, 4) is 0 Å². The van der Waals surface area contributed by atoms with E-state index in [2.05, 4.69) is 30.7 Å². The largest absolute Gasteiger partial charge is 0.324 e. The van der Waals surface area contributed by atoms with E-state index in [-0.39, 0.29) is 5.54 Å². The van der Waals surface area contributed by atoms with Gasteiger partial charge >= 0.3 is 0 Å². The number of rotatable bonds is 2. The van der Waals surface area contributed by atoms with E-state index in [9.17, 15) is 0 Å². The summed E-state index contributed by atoms with van der Waals surface area (Å²) in [5.74, 6) is 0. The number of hydrogen-bond donors (Lipinski definition) is 1. The molecule has 0 spiro atoms. The highest BCUT2D eigenvalue weighted by Crippen LogP contribution is 2.28. The molecule has 1 aliphatic heterocycles. The molecule has 2 aliphatic rings. The van der Waals surface area contributed by atoms with Gasteiger partial charge in [-0.25, -0.2) is 0 Å². The average molecular weight is 239 g/mol. The maximum atomic E-state index is 6.56. The summed E-state index contributed by atoms with van der Waals surface area (Å²) in [6.45, 7) is 9.28. The van der Waals surface area contributed by atoms with Crippen LogP contribution in [0.15, 0.2) is 0 Å². The minimum Gasteiger partial charge on any atom is -0.324 e. The lowest BCUT2D eigenvalue weighted by molar-refractivity contribution is 0.0243. The number of likely N-dealkylation sites (N-methyl/N-ethyl adjacent to an activating group) is 1. The summed E-state index contributed by atoms with van der Waals surface area (Å²) in [5, 5.41) is 0. The summed E-state index contributed by atoms with van der Waals surface area (Å²) < 4.78 is 0. The Labute approximate surface area is 106 Å². The summed E-state index contributed by atoms with van der Waals surface area (Å²) >= 11 is 0. The van der Waals surface area contributed by atoms with Crippen molar-refractivity contribution >= 4 is 0 Å². The van der Waals surface area contributed by atoms with E-state index in [1.165, 1.54) is 45.2 Å². The monoisotopic (exact) mass is 239 g/mol. The van der Waals surface area contributed by atoms with Crippen LogP contribution in [0.2, 0.25) is 0 Å².